The average molecular weight is 357 g/mol. The first kappa shape index (κ1) is 16.7. The average Bonchev–Trinajstić information content (AvgIpc) is 2.77. The van der Waals surface area contributed by atoms with E-state index >= 15 is 0 Å². The van der Waals surface area contributed by atoms with Gasteiger partial charge in [-0.1, -0.05) is 4.68 Å². The molecule has 0 fully saturated rings. The number of benzene rings is 1. The third kappa shape index (κ3) is 3.80. The lowest BCUT2D eigenvalue weighted by molar-refractivity contribution is -0.747. The van der Waals surface area contributed by atoms with Crippen LogP contribution in [0, 0.1) is 6.92 Å². The van der Waals surface area contributed by atoms with Crippen LogP contribution in [0.1, 0.15) is 22.5 Å². The molecule has 1 aromatic heterocycles. The maximum absolute atomic E-state index is 9.42. The standard InChI is InChI=1S/C14H16N2O2S.BrH/c1-4-16-14(19-10(2)15-16)8-6-11-5-7-12(17)9-13(11)18-3;/h5-9H,4H2,1-3H3;1H. The second-order valence-electron chi connectivity index (χ2n) is 4.03. The van der Waals surface area contributed by atoms with Gasteiger partial charge in [0.25, 0.3) is 5.01 Å². The fraction of sp³-hybridized carbons (Fsp3) is 0.286. The van der Waals surface area contributed by atoms with Crippen molar-refractivity contribution in [3.8, 4) is 11.5 Å². The smallest absolute Gasteiger partial charge is 0.289 e. The number of phenolic OH excluding ortho intramolecular Hbond substituents is 1. The van der Waals surface area contributed by atoms with Gasteiger partial charge in [-0.3, -0.25) is 0 Å². The Morgan fingerprint density at radius 1 is 1.40 bits per heavy atom. The van der Waals surface area contributed by atoms with E-state index in [1.165, 1.54) is 0 Å². The number of ether oxygens (including phenoxy) is 1. The van der Waals surface area contributed by atoms with E-state index in [9.17, 15) is 5.11 Å². The van der Waals surface area contributed by atoms with Crippen molar-refractivity contribution >= 4 is 23.5 Å². The molecule has 20 heavy (non-hydrogen) atoms. The predicted molar refractivity (Wildman–Crippen MR) is 76.3 cm³/mol. The van der Waals surface area contributed by atoms with Crippen molar-refractivity contribution < 1.29 is 31.5 Å². The van der Waals surface area contributed by atoms with Crippen LogP contribution in [0.25, 0.3) is 12.2 Å². The normalized spacial score (nSPS) is 10.6. The number of hydrogen-bond acceptors (Lipinski definition) is 4. The Morgan fingerprint density at radius 2 is 2.15 bits per heavy atom. The van der Waals surface area contributed by atoms with Gasteiger partial charge in [-0.25, -0.2) is 0 Å². The van der Waals surface area contributed by atoms with Crippen LogP contribution in [0.2, 0.25) is 0 Å². The van der Waals surface area contributed by atoms with Crippen LogP contribution in [0.15, 0.2) is 18.2 Å². The number of methoxy groups -OCH3 is 1. The summed E-state index contributed by atoms with van der Waals surface area (Å²) in [6.07, 6.45) is 3.99. The van der Waals surface area contributed by atoms with E-state index in [-0.39, 0.29) is 22.7 Å². The lowest BCUT2D eigenvalue weighted by Crippen LogP contribution is -3.00. The molecule has 0 unspecified atom stereocenters. The maximum Gasteiger partial charge on any atom is 0.289 e. The molecule has 1 N–H and O–H groups in total. The lowest BCUT2D eigenvalue weighted by Gasteiger charge is -2.04. The van der Waals surface area contributed by atoms with Crippen LogP contribution >= 0.6 is 11.3 Å². The topological polar surface area (TPSA) is 46.2 Å². The van der Waals surface area contributed by atoms with Crippen LogP contribution in [0.4, 0.5) is 0 Å². The van der Waals surface area contributed by atoms with Crippen LogP contribution < -0.4 is 26.4 Å². The first-order valence-corrected chi connectivity index (χ1v) is 6.88. The number of hydrogen-bond donors (Lipinski definition) is 1. The zero-order valence-corrected chi connectivity index (χ0v) is 14.0. The van der Waals surface area contributed by atoms with Gasteiger partial charge >= 0.3 is 0 Å². The predicted octanol–water partition coefficient (Wildman–Crippen LogP) is -0.352. The second kappa shape index (κ2) is 7.40. The molecule has 4 nitrogen and oxygen atoms in total. The molecule has 0 saturated heterocycles. The monoisotopic (exact) mass is 356 g/mol. The van der Waals surface area contributed by atoms with Crippen LogP contribution in [0.3, 0.4) is 0 Å². The molecule has 2 rings (SSSR count). The number of phenols is 1. The first-order valence-electron chi connectivity index (χ1n) is 6.06. The van der Waals surface area contributed by atoms with E-state index in [2.05, 4.69) is 12.0 Å². The Labute approximate surface area is 133 Å². The number of aryl methyl sites for hydroxylation is 2. The van der Waals surface area contributed by atoms with Gasteiger partial charge in [-0.05, 0) is 43.4 Å². The Hall–Kier alpha value is -1.40. The first-order chi connectivity index (χ1) is 9.13. The highest BCUT2D eigenvalue weighted by molar-refractivity contribution is 7.11. The van der Waals surface area contributed by atoms with E-state index in [0.29, 0.717) is 5.75 Å². The summed E-state index contributed by atoms with van der Waals surface area (Å²) in [4.78, 5) is 0. The molecule has 6 heteroatoms. The van der Waals surface area contributed by atoms with Crippen molar-refractivity contribution in [2.45, 2.75) is 20.4 Å². The molecular formula is C14H17BrN2O2S. The minimum atomic E-state index is 0. The molecule has 1 heterocycles. The highest BCUT2D eigenvalue weighted by Gasteiger charge is 2.12. The molecule has 0 aliphatic rings. The Balaban J connectivity index is 0.00000200. The fourth-order valence-electron chi connectivity index (χ4n) is 1.79. The van der Waals surface area contributed by atoms with Crippen LogP contribution in [-0.2, 0) is 6.54 Å². The van der Waals surface area contributed by atoms with Gasteiger partial charge in [0.15, 0.2) is 11.6 Å². The van der Waals surface area contributed by atoms with Crippen LogP contribution in [0.5, 0.6) is 11.5 Å². The van der Waals surface area contributed by atoms with Crippen molar-refractivity contribution in [3.63, 3.8) is 0 Å². The van der Waals surface area contributed by atoms with Gasteiger partial charge in [0.2, 0.25) is 0 Å². The molecule has 0 spiro atoms. The molecule has 0 radical (unpaired) electrons. The molecular weight excluding hydrogens is 340 g/mol. The van der Waals surface area contributed by atoms with Gasteiger partial charge in [-0.2, -0.15) is 0 Å². The van der Waals surface area contributed by atoms with E-state index in [1.54, 1.807) is 30.6 Å². The van der Waals surface area contributed by atoms with Gasteiger partial charge in [-0.15, -0.1) is 0 Å². The van der Waals surface area contributed by atoms with Gasteiger partial charge in [0, 0.05) is 22.8 Å². The SMILES string of the molecule is CC[n+]1nc(C)sc1/C=C/c1ccc(O)cc1OC.[Br-]. The molecule has 2 aromatic rings. The molecule has 0 atom stereocenters. The zero-order valence-electron chi connectivity index (χ0n) is 11.6. The maximum atomic E-state index is 9.42. The van der Waals surface area contributed by atoms with Crippen molar-refractivity contribution in [2.24, 2.45) is 0 Å². The quantitative estimate of drug-likeness (QED) is 0.761. The number of halogens is 1. The minimum absolute atomic E-state index is 0. The Bertz CT molecular complexity index is 611. The molecule has 1 aromatic carbocycles. The van der Waals surface area contributed by atoms with Crippen molar-refractivity contribution in [2.75, 3.05) is 7.11 Å². The minimum Gasteiger partial charge on any atom is -1.00 e. The molecule has 0 aliphatic heterocycles. The number of aromatic nitrogens is 2. The van der Waals surface area contributed by atoms with Gasteiger partial charge in [0.05, 0.1) is 7.11 Å². The van der Waals surface area contributed by atoms with Crippen molar-refractivity contribution in [1.29, 1.82) is 0 Å². The largest absolute Gasteiger partial charge is 1.00 e. The zero-order chi connectivity index (χ0) is 13.8. The summed E-state index contributed by atoms with van der Waals surface area (Å²) in [7, 11) is 1.59. The highest BCUT2D eigenvalue weighted by Crippen LogP contribution is 2.25. The second-order valence-corrected chi connectivity index (χ2v) is 5.25. The number of aromatic hydroxyl groups is 1. The van der Waals surface area contributed by atoms with Gasteiger partial charge < -0.3 is 26.8 Å². The molecule has 108 valence electrons. The van der Waals surface area contributed by atoms with E-state index in [4.69, 9.17) is 4.74 Å². The summed E-state index contributed by atoms with van der Waals surface area (Å²) in [5, 5.41) is 16.0. The number of nitrogens with zero attached hydrogens (tertiary/aromatic N) is 2. The summed E-state index contributed by atoms with van der Waals surface area (Å²) < 4.78 is 7.21. The third-order valence-corrected chi connectivity index (χ3v) is 3.62. The summed E-state index contributed by atoms with van der Waals surface area (Å²) in [6.45, 7) is 4.91. The van der Waals surface area contributed by atoms with E-state index < -0.39 is 0 Å². The van der Waals surface area contributed by atoms with Crippen molar-refractivity contribution in [1.82, 2.24) is 5.10 Å². The van der Waals surface area contributed by atoms with Crippen LogP contribution in [-0.4, -0.2) is 17.3 Å². The third-order valence-electron chi connectivity index (χ3n) is 2.69. The Kier molecular flexibility index (Phi) is 6.16. The molecule has 0 bridgehead atoms. The van der Waals surface area contributed by atoms with E-state index in [0.717, 1.165) is 22.1 Å². The summed E-state index contributed by atoms with van der Waals surface area (Å²) in [6, 6.07) is 5.08. The van der Waals surface area contributed by atoms with Gasteiger partial charge in [0.1, 0.15) is 11.5 Å². The van der Waals surface area contributed by atoms with Crippen molar-refractivity contribution in [3.05, 3.63) is 33.8 Å². The summed E-state index contributed by atoms with van der Waals surface area (Å²) >= 11 is 1.65. The molecule has 0 amide bonds. The lowest BCUT2D eigenvalue weighted by atomic mass is 10.2. The number of rotatable bonds is 4. The fourth-order valence-corrected chi connectivity index (χ4v) is 2.64. The highest BCUT2D eigenvalue weighted by atomic mass is 79.9. The Morgan fingerprint density at radius 3 is 2.80 bits per heavy atom. The molecule has 0 aliphatic carbocycles. The van der Waals surface area contributed by atoms with E-state index in [1.807, 2.05) is 29.8 Å². The summed E-state index contributed by atoms with van der Waals surface area (Å²) in [5.74, 6) is 0.854. The summed E-state index contributed by atoms with van der Waals surface area (Å²) in [5.41, 5.74) is 0.925. The molecule has 0 saturated carbocycles.